The Labute approximate surface area is 139 Å². The normalized spacial score (nSPS) is 13.5. The number of carbonyl (C=O) groups excluding carboxylic acids is 2. The highest BCUT2D eigenvalue weighted by Gasteiger charge is 2.36. The van der Waals surface area contributed by atoms with Gasteiger partial charge < -0.3 is 4.74 Å². The molecule has 4 nitrogen and oxygen atoms in total. The van der Waals surface area contributed by atoms with Gasteiger partial charge in [0.1, 0.15) is 5.75 Å². The van der Waals surface area contributed by atoms with Gasteiger partial charge in [-0.05, 0) is 54.1 Å². The van der Waals surface area contributed by atoms with Crippen molar-refractivity contribution in [3.8, 4) is 5.75 Å². The van der Waals surface area contributed by atoms with Crippen LogP contribution in [-0.4, -0.2) is 18.4 Å². The fourth-order valence-corrected chi connectivity index (χ4v) is 3.02. The second-order valence-electron chi connectivity index (χ2n) is 5.62. The number of fused-ring (bicyclic) bond motifs is 2. The second kappa shape index (κ2) is 5.49. The third-order valence-electron chi connectivity index (χ3n) is 4.16. The number of anilines is 1. The molecule has 0 radical (unpaired) electrons. The molecule has 4 heteroatoms. The number of hydrogen-bond donors (Lipinski definition) is 0. The van der Waals surface area contributed by atoms with E-state index >= 15 is 0 Å². The molecule has 0 atom stereocenters. The zero-order valence-corrected chi connectivity index (χ0v) is 13.2. The maximum atomic E-state index is 12.7. The smallest absolute Gasteiger partial charge is 0.266 e. The Morgan fingerprint density at radius 1 is 0.833 bits per heavy atom. The monoisotopic (exact) mass is 317 g/mol. The molecule has 24 heavy (non-hydrogen) atoms. The average molecular weight is 317 g/mol. The van der Waals surface area contributed by atoms with E-state index in [2.05, 4.69) is 0 Å². The Balaban J connectivity index is 1.77. The van der Waals surface area contributed by atoms with Gasteiger partial charge in [-0.25, -0.2) is 4.90 Å². The third kappa shape index (κ3) is 2.15. The first-order valence-electron chi connectivity index (χ1n) is 7.83. The third-order valence-corrected chi connectivity index (χ3v) is 4.16. The Kier molecular flexibility index (Phi) is 3.31. The minimum Gasteiger partial charge on any atom is -0.494 e. The number of hydrogen-bond acceptors (Lipinski definition) is 3. The van der Waals surface area contributed by atoms with Gasteiger partial charge >= 0.3 is 0 Å². The number of benzene rings is 3. The summed E-state index contributed by atoms with van der Waals surface area (Å²) >= 11 is 0. The lowest BCUT2D eigenvalue weighted by atomic mass is 10.0. The predicted molar refractivity (Wildman–Crippen MR) is 92.7 cm³/mol. The Morgan fingerprint density at radius 2 is 1.38 bits per heavy atom. The molecule has 0 aromatic heterocycles. The first kappa shape index (κ1) is 14.5. The van der Waals surface area contributed by atoms with Gasteiger partial charge in [-0.1, -0.05) is 24.3 Å². The molecule has 0 spiro atoms. The van der Waals surface area contributed by atoms with Crippen LogP contribution in [-0.2, 0) is 0 Å². The van der Waals surface area contributed by atoms with Crippen LogP contribution in [0.2, 0.25) is 0 Å². The van der Waals surface area contributed by atoms with Crippen molar-refractivity contribution in [1.82, 2.24) is 0 Å². The van der Waals surface area contributed by atoms with Crippen LogP contribution in [0.25, 0.3) is 10.8 Å². The molecular weight excluding hydrogens is 302 g/mol. The number of nitrogens with zero attached hydrogens (tertiary/aromatic N) is 1. The van der Waals surface area contributed by atoms with Gasteiger partial charge in [0.15, 0.2) is 0 Å². The standard InChI is InChI=1S/C20H15NO3/c1-2-24-16-9-7-15(8-10-16)21-19(22)17-11-13-5-3-4-6-14(13)12-18(17)20(21)23/h3-12H,2H2,1H3. The van der Waals surface area contributed by atoms with Crippen molar-refractivity contribution in [2.24, 2.45) is 0 Å². The van der Waals surface area contributed by atoms with Crippen LogP contribution < -0.4 is 9.64 Å². The Hall–Kier alpha value is -3.14. The molecule has 2 amide bonds. The molecule has 4 rings (SSSR count). The van der Waals surface area contributed by atoms with Crippen molar-refractivity contribution in [2.75, 3.05) is 11.5 Å². The summed E-state index contributed by atoms with van der Waals surface area (Å²) in [6.45, 7) is 2.47. The van der Waals surface area contributed by atoms with Gasteiger partial charge in [-0.15, -0.1) is 0 Å². The van der Waals surface area contributed by atoms with Crippen molar-refractivity contribution in [3.05, 3.63) is 71.8 Å². The molecule has 118 valence electrons. The van der Waals surface area contributed by atoms with E-state index in [0.717, 1.165) is 10.8 Å². The van der Waals surface area contributed by atoms with Crippen molar-refractivity contribution in [2.45, 2.75) is 6.92 Å². The van der Waals surface area contributed by atoms with Gasteiger partial charge in [0.05, 0.1) is 23.4 Å². The van der Waals surface area contributed by atoms with Gasteiger partial charge in [-0.2, -0.15) is 0 Å². The second-order valence-corrected chi connectivity index (χ2v) is 5.62. The molecule has 1 heterocycles. The van der Waals surface area contributed by atoms with E-state index in [1.807, 2.05) is 31.2 Å². The maximum absolute atomic E-state index is 12.7. The maximum Gasteiger partial charge on any atom is 0.266 e. The molecule has 1 aliphatic rings. The van der Waals surface area contributed by atoms with Crippen molar-refractivity contribution in [3.63, 3.8) is 0 Å². The van der Waals surface area contributed by atoms with Crippen LogP contribution in [0.15, 0.2) is 60.7 Å². The van der Waals surface area contributed by atoms with Crippen molar-refractivity contribution < 1.29 is 14.3 Å². The van der Waals surface area contributed by atoms with E-state index in [4.69, 9.17) is 4.74 Å². The fourth-order valence-electron chi connectivity index (χ4n) is 3.02. The number of carbonyl (C=O) groups is 2. The van der Waals surface area contributed by atoms with Crippen molar-refractivity contribution in [1.29, 1.82) is 0 Å². The van der Waals surface area contributed by atoms with E-state index in [1.165, 1.54) is 4.90 Å². The topological polar surface area (TPSA) is 46.6 Å². The summed E-state index contributed by atoms with van der Waals surface area (Å²) in [5.41, 5.74) is 1.45. The van der Waals surface area contributed by atoms with Crippen molar-refractivity contribution >= 4 is 28.3 Å². The molecule has 0 bridgehead atoms. The molecule has 0 aliphatic carbocycles. The minimum atomic E-state index is -0.287. The average Bonchev–Trinajstić information content (AvgIpc) is 2.85. The summed E-state index contributed by atoms with van der Waals surface area (Å²) in [6.07, 6.45) is 0. The van der Waals surface area contributed by atoms with Crippen LogP contribution in [0.1, 0.15) is 27.6 Å². The van der Waals surface area contributed by atoms with Crippen LogP contribution in [0, 0.1) is 0 Å². The number of rotatable bonds is 3. The van der Waals surface area contributed by atoms with Crippen LogP contribution in [0.5, 0.6) is 5.75 Å². The van der Waals surface area contributed by atoms with E-state index in [-0.39, 0.29) is 11.8 Å². The Morgan fingerprint density at radius 3 is 1.88 bits per heavy atom. The van der Waals surface area contributed by atoms with E-state index in [0.29, 0.717) is 29.2 Å². The van der Waals surface area contributed by atoms with Gasteiger partial charge in [0.2, 0.25) is 0 Å². The summed E-state index contributed by atoms with van der Waals surface area (Å²) in [5.74, 6) is 0.137. The SMILES string of the molecule is CCOc1ccc(N2C(=O)c3cc4ccccc4cc3C2=O)cc1. The lowest BCUT2D eigenvalue weighted by Gasteiger charge is -2.14. The highest BCUT2D eigenvalue weighted by molar-refractivity contribution is 6.35. The van der Waals surface area contributed by atoms with Gasteiger partial charge in [0, 0.05) is 0 Å². The fraction of sp³-hybridized carbons (Fsp3) is 0.100. The quantitative estimate of drug-likeness (QED) is 0.685. The molecule has 3 aromatic rings. The van der Waals surface area contributed by atoms with Crippen LogP contribution in [0.4, 0.5) is 5.69 Å². The van der Waals surface area contributed by atoms with Crippen LogP contribution >= 0.6 is 0 Å². The largest absolute Gasteiger partial charge is 0.494 e. The van der Waals surface area contributed by atoms with Crippen LogP contribution in [0.3, 0.4) is 0 Å². The molecule has 0 saturated carbocycles. The summed E-state index contributed by atoms with van der Waals surface area (Å²) in [7, 11) is 0. The van der Waals surface area contributed by atoms with E-state index in [9.17, 15) is 9.59 Å². The summed E-state index contributed by atoms with van der Waals surface area (Å²) in [6, 6.07) is 18.3. The molecule has 1 aliphatic heterocycles. The summed E-state index contributed by atoms with van der Waals surface area (Å²) < 4.78 is 5.40. The summed E-state index contributed by atoms with van der Waals surface area (Å²) in [5, 5.41) is 1.90. The molecular formula is C20H15NO3. The number of ether oxygens (including phenoxy) is 1. The molecule has 0 N–H and O–H groups in total. The van der Waals surface area contributed by atoms with E-state index in [1.54, 1.807) is 36.4 Å². The lowest BCUT2D eigenvalue weighted by molar-refractivity contribution is 0.0926. The molecule has 0 saturated heterocycles. The zero-order chi connectivity index (χ0) is 16.7. The van der Waals surface area contributed by atoms with Gasteiger partial charge in [0.25, 0.3) is 11.8 Å². The lowest BCUT2D eigenvalue weighted by Crippen LogP contribution is -2.29. The molecule has 0 fully saturated rings. The number of amides is 2. The first-order valence-corrected chi connectivity index (χ1v) is 7.83. The predicted octanol–water partition coefficient (Wildman–Crippen LogP) is 4.04. The molecule has 3 aromatic carbocycles. The highest BCUT2D eigenvalue weighted by Crippen LogP contribution is 2.32. The Bertz CT molecular complexity index is 906. The number of imide groups is 1. The zero-order valence-electron chi connectivity index (χ0n) is 13.2. The van der Waals surface area contributed by atoms with E-state index < -0.39 is 0 Å². The summed E-state index contributed by atoms with van der Waals surface area (Å²) in [4.78, 5) is 26.7. The first-order chi connectivity index (χ1) is 11.7. The van der Waals surface area contributed by atoms with Gasteiger partial charge in [-0.3, -0.25) is 9.59 Å². The highest BCUT2D eigenvalue weighted by atomic mass is 16.5. The molecule has 0 unspecified atom stereocenters. The minimum absolute atomic E-state index is 0.287.